The first-order chi connectivity index (χ1) is 13.9. The molecule has 2 atom stereocenters. The molecular weight excluding hydrogens is 436 g/mol. The van der Waals surface area contributed by atoms with Gasteiger partial charge in [0.15, 0.2) is 5.75 Å². The van der Waals surface area contributed by atoms with E-state index in [1.54, 1.807) is 4.57 Å². The molecule has 3 fully saturated rings. The van der Waals surface area contributed by atoms with Gasteiger partial charge in [-0.25, -0.2) is 9.18 Å². The summed E-state index contributed by atoms with van der Waals surface area (Å²) in [7, 11) is 0. The lowest BCUT2D eigenvalue weighted by molar-refractivity contribution is 0.143. The molecule has 1 aromatic carbocycles. The van der Waals surface area contributed by atoms with E-state index >= 15 is 4.39 Å². The number of pyridine rings is 1. The maximum atomic E-state index is 15.2. The van der Waals surface area contributed by atoms with Gasteiger partial charge in [-0.1, -0.05) is 11.6 Å². The first-order valence-electron chi connectivity index (χ1n) is 9.90. The van der Waals surface area contributed by atoms with Gasteiger partial charge in [-0.3, -0.25) is 4.79 Å². The molecule has 1 aliphatic carbocycles. The number of fused-ring (bicyclic) bond motifs is 2. The summed E-state index contributed by atoms with van der Waals surface area (Å²) in [5.41, 5.74) is 0.0793. The number of nitrogens with one attached hydrogen (secondary N) is 1. The van der Waals surface area contributed by atoms with E-state index in [9.17, 15) is 9.59 Å². The third-order valence-electron chi connectivity index (χ3n) is 6.20. The normalized spacial score (nSPS) is 23.2. The van der Waals surface area contributed by atoms with Crippen LogP contribution in [0.2, 0.25) is 5.02 Å². The van der Waals surface area contributed by atoms with Crippen molar-refractivity contribution in [2.45, 2.75) is 37.8 Å². The van der Waals surface area contributed by atoms with E-state index in [2.05, 4.69) is 10.1 Å². The fraction of sp³-hybridized carbons (Fsp3) is 0.500. The average molecular weight is 458 g/mol. The molecule has 1 saturated carbocycles. The van der Waals surface area contributed by atoms with Gasteiger partial charge in [-0.2, -0.15) is 0 Å². The number of anilines is 1. The summed E-state index contributed by atoms with van der Waals surface area (Å²) < 4.78 is 21.6. The number of rotatable bonds is 3. The summed E-state index contributed by atoms with van der Waals surface area (Å²) in [6.45, 7) is 2.35. The van der Waals surface area contributed by atoms with Crippen LogP contribution in [-0.2, 0) is 0 Å². The average Bonchev–Trinajstić information content (AvgIpc) is 3.43. The molecular formula is C20H22Cl2FN3O4. The van der Waals surface area contributed by atoms with Crippen molar-refractivity contribution in [1.29, 1.82) is 0 Å². The van der Waals surface area contributed by atoms with Crippen molar-refractivity contribution in [2.75, 3.05) is 24.5 Å². The summed E-state index contributed by atoms with van der Waals surface area (Å²) in [5, 5.41) is 12.7. The van der Waals surface area contributed by atoms with Crippen molar-refractivity contribution in [3.63, 3.8) is 0 Å². The smallest absolute Gasteiger partial charge is 0.449 e. The fourth-order valence-electron chi connectivity index (χ4n) is 4.73. The summed E-state index contributed by atoms with van der Waals surface area (Å²) in [6.07, 6.45) is 3.77. The van der Waals surface area contributed by atoms with Crippen LogP contribution in [0.4, 0.5) is 14.9 Å². The first kappa shape index (κ1) is 21.2. The van der Waals surface area contributed by atoms with Gasteiger partial charge in [-0.15, -0.1) is 12.4 Å². The van der Waals surface area contributed by atoms with Crippen molar-refractivity contribution in [1.82, 2.24) is 9.88 Å². The standard InChI is InChI=1S/C20H21ClFN3O4.ClH/c21-16-17-12(19(26)15(29-20(27)28)9-25(17)11-3-4-11)6-13(22)18(16)24-7-10-2-1-5-23-14(10)8-24;/h6,9-11,14,23H,1-5,7-8H2,(H,27,28);1H. The molecule has 3 heterocycles. The van der Waals surface area contributed by atoms with E-state index in [1.165, 1.54) is 12.3 Å². The van der Waals surface area contributed by atoms with Crippen LogP contribution in [-0.4, -0.2) is 41.5 Å². The van der Waals surface area contributed by atoms with E-state index in [4.69, 9.17) is 16.7 Å². The number of hydrogen-bond acceptors (Lipinski definition) is 5. The molecule has 30 heavy (non-hydrogen) atoms. The van der Waals surface area contributed by atoms with Crippen LogP contribution in [0.25, 0.3) is 10.9 Å². The lowest BCUT2D eigenvalue weighted by atomic mass is 9.94. The third-order valence-corrected chi connectivity index (χ3v) is 6.56. The highest BCUT2D eigenvalue weighted by Crippen LogP contribution is 2.43. The lowest BCUT2D eigenvalue weighted by Gasteiger charge is -2.24. The largest absolute Gasteiger partial charge is 0.511 e. The fourth-order valence-corrected chi connectivity index (χ4v) is 5.14. The van der Waals surface area contributed by atoms with Gasteiger partial charge in [0.1, 0.15) is 5.82 Å². The predicted molar refractivity (Wildman–Crippen MR) is 114 cm³/mol. The summed E-state index contributed by atoms with van der Waals surface area (Å²) in [4.78, 5) is 25.7. The molecule has 0 amide bonds. The minimum Gasteiger partial charge on any atom is -0.449 e. The molecule has 2 N–H and O–H groups in total. The van der Waals surface area contributed by atoms with Crippen LogP contribution in [0.15, 0.2) is 17.1 Å². The number of benzene rings is 1. The lowest BCUT2D eigenvalue weighted by Crippen LogP contribution is -2.40. The monoisotopic (exact) mass is 457 g/mol. The van der Waals surface area contributed by atoms with Crippen molar-refractivity contribution < 1.29 is 19.0 Å². The number of nitrogens with zero attached hydrogens (tertiary/aromatic N) is 2. The van der Waals surface area contributed by atoms with E-state index in [-0.39, 0.29) is 34.6 Å². The highest BCUT2D eigenvalue weighted by Gasteiger charge is 2.37. The number of halogens is 3. The van der Waals surface area contributed by atoms with Crippen molar-refractivity contribution in [3.05, 3.63) is 33.3 Å². The summed E-state index contributed by atoms with van der Waals surface area (Å²) >= 11 is 6.71. The van der Waals surface area contributed by atoms with Crippen LogP contribution in [0, 0.1) is 11.7 Å². The van der Waals surface area contributed by atoms with Crippen LogP contribution < -0.4 is 20.4 Å². The second kappa shape index (κ2) is 7.90. The Balaban J connectivity index is 0.00000218. The molecule has 3 aliphatic rings. The Morgan fingerprint density at radius 1 is 1.30 bits per heavy atom. The Hall–Kier alpha value is -2.03. The van der Waals surface area contributed by atoms with Gasteiger partial charge < -0.3 is 24.6 Å². The van der Waals surface area contributed by atoms with Crippen LogP contribution >= 0.6 is 24.0 Å². The van der Waals surface area contributed by atoms with Gasteiger partial charge in [-0.05, 0) is 44.2 Å². The molecule has 10 heteroatoms. The molecule has 7 nitrogen and oxygen atoms in total. The van der Waals surface area contributed by atoms with Gasteiger partial charge >= 0.3 is 6.16 Å². The Labute approximate surface area is 183 Å². The van der Waals surface area contributed by atoms with Crippen molar-refractivity contribution in [2.24, 2.45) is 5.92 Å². The minimum absolute atomic E-state index is 0. The molecule has 0 radical (unpaired) electrons. The molecule has 0 spiro atoms. The highest BCUT2D eigenvalue weighted by atomic mass is 35.5. The van der Waals surface area contributed by atoms with Crippen LogP contribution in [0.1, 0.15) is 31.7 Å². The second-order valence-electron chi connectivity index (χ2n) is 8.11. The van der Waals surface area contributed by atoms with Gasteiger partial charge in [0.05, 0.1) is 27.8 Å². The van der Waals surface area contributed by atoms with Gasteiger partial charge in [0, 0.05) is 25.2 Å². The minimum atomic E-state index is -1.58. The van der Waals surface area contributed by atoms with E-state index in [1.807, 2.05) is 4.90 Å². The maximum Gasteiger partial charge on any atom is 0.511 e. The maximum absolute atomic E-state index is 15.2. The molecule has 5 rings (SSSR count). The molecule has 2 aromatic rings. The molecule has 1 aromatic heterocycles. The first-order valence-corrected chi connectivity index (χ1v) is 10.3. The number of carbonyl (C=O) groups is 1. The SMILES string of the molecule is Cl.O=C(O)Oc1cn(C2CC2)c2c(Cl)c(N3CC4CCCNC4C3)c(F)cc2c1=O. The quantitative estimate of drug-likeness (QED) is 0.681. The molecule has 0 bridgehead atoms. The highest BCUT2D eigenvalue weighted by molar-refractivity contribution is 6.38. The topological polar surface area (TPSA) is 83.8 Å². The molecule has 2 saturated heterocycles. The van der Waals surface area contributed by atoms with E-state index in [0.717, 1.165) is 32.2 Å². The molecule has 2 aliphatic heterocycles. The predicted octanol–water partition coefficient (Wildman–Crippen LogP) is 3.80. The number of piperidine rings is 1. The zero-order chi connectivity index (χ0) is 20.3. The molecule has 162 valence electrons. The second-order valence-corrected chi connectivity index (χ2v) is 8.49. The van der Waals surface area contributed by atoms with Gasteiger partial charge in [0.25, 0.3) is 0 Å². The Morgan fingerprint density at radius 2 is 2.07 bits per heavy atom. The van der Waals surface area contributed by atoms with Crippen LogP contribution in [0.5, 0.6) is 5.75 Å². The van der Waals surface area contributed by atoms with Gasteiger partial charge in [0.2, 0.25) is 5.43 Å². The number of hydrogen-bond donors (Lipinski definition) is 2. The Kier molecular flexibility index (Phi) is 5.59. The third kappa shape index (κ3) is 3.50. The zero-order valence-electron chi connectivity index (χ0n) is 16.1. The summed E-state index contributed by atoms with van der Waals surface area (Å²) in [5.74, 6) is -0.462. The molecule has 2 unspecified atom stereocenters. The number of aromatic nitrogens is 1. The van der Waals surface area contributed by atoms with E-state index in [0.29, 0.717) is 36.3 Å². The Bertz CT molecular complexity index is 1060. The van der Waals surface area contributed by atoms with Crippen molar-refractivity contribution in [3.8, 4) is 5.75 Å². The Morgan fingerprint density at radius 3 is 2.73 bits per heavy atom. The number of ether oxygens (including phenoxy) is 1. The zero-order valence-corrected chi connectivity index (χ0v) is 17.6. The summed E-state index contributed by atoms with van der Waals surface area (Å²) in [6, 6.07) is 1.57. The number of carboxylic acid groups (broad SMARTS) is 1. The van der Waals surface area contributed by atoms with E-state index < -0.39 is 17.4 Å². The van der Waals surface area contributed by atoms with Crippen LogP contribution in [0.3, 0.4) is 0 Å². The van der Waals surface area contributed by atoms with Crippen molar-refractivity contribution >= 4 is 46.8 Å².